The van der Waals surface area contributed by atoms with E-state index in [1.54, 1.807) is 0 Å². The molecule has 1 aromatic heterocycles. The van der Waals surface area contributed by atoms with Gasteiger partial charge < -0.3 is 10.1 Å². The van der Waals surface area contributed by atoms with Crippen molar-refractivity contribution < 1.29 is 4.74 Å². The van der Waals surface area contributed by atoms with E-state index >= 15 is 0 Å². The van der Waals surface area contributed by atoms with Crippen LogP contribution >= 0.6 is 0 Å². The van der Waals surface area contributed by atoms with E-state index in [1.807, 2.05) is 38.1 Å². The van der Waals surface area contributed by atoms with E-state index in [4.69, 9.17) is 4.74 Å². The third-order valence-electron chi connectivity index (χ3n) is 2.99. The number of aryl methyl sites for hydroxylation is 2. The third kappa shape index (κ3) is 4.03. The van der Waals surface area contributed by atoms with Gasteiger partial charge in [0.15, 0.2) is 0 Å². The minimum Gasteiger partial charge on any atom is -0.437 e. The molecule has 4 nitrogen and oxygen atoms in total. The highest BCUT2D eigenvalue weighted by Gasteiger charge is 2.04. The number of rotatable bonds is 6. The second-order valence-electron chi connectivity index (χ2n) is 4.91. The summed E-state index contributed by atoms with van der Waals surface area (Å²) in [5.41, 5.74) is 3.18. The lowest BCUT2D eigenvalue weighted by Crippen LogP contribution is -2.15. The Morgan fingerprint density at radius 2 is 1.95 bits per heavy atom. The number of hydrogen-bond donors (Lipinski definition) is 1. The molecule has 1 N–H and O–H groups in total. The maximum atomic E-state index is 5.78. The highest BCUT2D eigenvalue weighted by atomic mass is 16.5. The molecule has 4 heteroatoms. The smallest absolute Gasteiger partial charge is 0.238 e. The first-order valence-electron chi connectivity index (χ1n) is 6.97. The molecule has 0 spiro atoms. The topological polar surface area (TPSA) is 47.0 Å². The quantitative estimate of drug-likeness (QED) is 0.818. The van der Waals surface area contributed by atoms with Gasteiger partial charge >= 0.3 is 0 Å². The average Bonchev–Trinajstić information content (AvgIpc) is 2.45. The monoisotopic (exact) mass is 271 g/mol. The molecule has 1 heterocycles. The standard InChI is InChI=1S/C16H21N3O/c1-4-9-17-11-14-7-8-16(19-18-14)20-15-10-12(2)5-6-13(15)3/h5-8,10,17H,4,9,11H2,1-3H3. The van der Waals surface area contributed by atoms with Crippen LogP contribution in [0.15, 0.2) is 30.3 Å². The molecule has 2 rings (SSSR count). The minimum atomic E-state index is 0.526. The summed E-state index contributed by atoms with van der Waals surface area (Å²) in [5.74, 6) is 1.36. The number of nitrogens with zero attached hydrogens (tertiary/aromatic N) is 2. The maximum absolute atomic E-state index is 5.78. The van der Waals surface area contributed by atoms with Crippen LogP contribution in [0.4, 0.5) is 0 Å². The van der Waals surface area contributed by atoms with Gasteiger partial charge in [0.1, 0.15) is 5.75 Å². The molecular weight excluding hydrogens is 250 g/mol. The Hall–Kier alpha value is -1.94. The zero-order valence-corrected chi connectivity index (χ0v) is 12.3. The van der Waals surface area contributed by atoms with Crippen LogP contribution in [0, 0.1) is 13.8 Å². The number of benzene rings is 1. The molecule has 0 fully saturated rings. The summed E-state index contributed by atoms with van der Waals surface area (Å²) >= 11 is 0. The van der Waals surface area contributed by atoms with E-state index in [-0.39, 0.29) is 0 Å². The molecule has 0 saturated heterocycles. The van der Waals surface area contributed by atoms with Crippen LogP contribution in [-0.2, 0) is 6.54 Å². The fourth-order valence-electron chi connectivity index (χ4n) is 1.82. The second kappa shape index (κ2) is 7.01. The molecule has 0 aliphatic heterocycles. The van der Waals surface area contributed by atoms with Crippen molar-refractivity contribution in [2.75, 3.05) is 6.54 Å². The van der Waals surface area contributed by atoms with Crippen LogP contribution in [0.2, 0.25) is 0 Å². The van der Waals surface area contributed by atoms with Gasteiger partial charge in [0.2, 0.25) is 5.88 Å². The minimum absolute atomic E-state index is 0.526. The Morgan fingerprint density at radius 3 is 2.65 bits per heavy atom. The van der Waals surface area contributed by atoms with Crippen molar-refractivity contribution in [1.29, 1.82) is 0 Å². The molecule has 0 saturated carbocycles. The van der Waals surface area contributed by atoms with Crippen molar-refractivity contribution >= 4 is 0 Å². The molecular formula is C16H21N3O. The van der Waals surface area contributed by atoms with Crippen molar-refractivity contribution in [3.8, 4) is 11.6 Å². The summed E-state index contributed by atoms with van der Waals surface area (Å²) in [5, 5.41) is 11.6. The zero-order valence-electron chi connectivity index (χ0n) is 12.3. The van der Waals surface area contributed by atoms with E-state index in [0.29, 0.717) is 5.88 Å². The van der Waals surface area contributed by atoms with Gasteiger partial charge in [-0.3, -0.25) is 0 Å². The molecule has 0 aliphatic rings. The molecule has 0 radical (unpaired) electrons. The zero-order chi connectivity index (χ0) is 14.4. The molecule has 0 atom stereocenters. The van der Waals surface area contributed by atoms with Gasteiger partial charge in [-0.1, -0.05) is 19.1 Å². The van der Waals surface area contributed by atoms with Gasteiger partial charge in [-0.25, -0.2) is 0 Å². The highest BCUT2D eigenvalue weighted by Crippen LogP contribution is 2.24. The molecule has 2 aromatic rings. The van der Waals surface area contributed by atoms with Crippen molar-refractivity contribution in [1.82, 2.24) is 15.5 Å². The third-order valence-corrected chi connectivity index (χ3v) is 2.99. The van der Waals surface area contributed by atoms with Gasteiger partial charge in [-0.15, -0.1) is 5.10 Å². The van der Waals surface area contributed by atoms with Crippen molar-refractivity contribution in [2.24, 2.45) is 0 Å². The van der Waals surface area contributed by atoms with Gasteiger partial charge in [0.05, 0.1) is 5.69 Å². The van der Waals surface area contributed by atoms with Crippen LogP contribution in [0.25, 0.3) is 0 Å². The molecule has 0 aliphatic carbocycles. The highest BCUT2D eigenvalue weighted by molar-refractivity contribution is 5.38. The van der Waals surface area contributed by atoms with Gasteiger partial charge in [-0.05, 0) is 50.1 Å². The number of aromatic nitrogens is 2. The van der Waals surface area contributed by atoms with Crippen LogP contribution in [0.1, 0.15) is 30.2 Å². The normalized spacial score (nSPS) is 10.6. The SMILES string of the molecule is CCCNCc1ccc(Oc2cc(C)ccc2C)nn1. The van der Waals surface area contributed by atoms with E-state index in [9.17, 15) is 0 Å². The predicted octanol–water partition coefficient (Wildman–Crippen LogP) is 3.39. The summed E-state index contributed by atoms with van der Waals surface area (Å²) in [6.07, 6.45) is 1.11. The second-order valence-corrected chi connectivity index (χ2v) is 4.91. The maximum Gasteiger partial charge on any atom is 0.238 e. The predicted molar refractivity (Wildman–Crippen MR) is 80.0 cm³/mol. The van der Waals surface area contributed by atoms with Crippen LogP contribution in [0.3, 0.4) is 0 Å². The first kappa shape index (κ1) is 14.5. The summed E-state index contributed by atoms with van der Waals surface area (Å²) in [6, 6.07) is 9.92. The number of ether oxygens (including phenoxy) is 1. The fourth-order valence-corrected chi connectivity index (χ4v) is 1.82. The molecule has 0 amide bonds. The molecule has 0 bridgehead atoms. The first-order chi connectivity index (χ1) is 9.69. The Balaban J connectivity index is 2.01. The Morgan fingerprint density at radius 1 is 1.10 bits per heavy atom. The Bertz CT molecular complexity index is 552. The molecule has 20 heavy (non-hydrogen) atoms. The lowest BCUT2D eigenvalue weighted by molar-refractivity contribution is 0.449. The van der Waals surface area contributed by atoms with Crippen molar-refractivity contribution in [3.63, 3.8) is 0 Å². The van der Waals surface area contributed by atoms with E-state index in [1.165, 1.54) is 5.56 Å². The van der Waals surface area contributed by atoms with Crippen molar-refractivity contribution in [2.45, 2.75) is 33.7 Å². The largest absolute Gasteiger partial charge is 0.437 e. The van der Waals surface area contributed by atoms with Gasteiger partial charge in [0.25, 0.3) is 0 Å². The Kier molecular flexibility index (Phi) is 5.07. The summed E-state index contributed by atoms with van der Waals surface area (Å²) in [7, 11) is 0. The van der Waals surface area contributed by atoms with E-state index < -0.39 is 0 Å². The Labute approximate surface area is 120 Å². The molecule has 106 valence electrons. The summed E-state index contributed by atoms with van der Waals surface area (Å²) in [6.45, 7) is 7.93. The van der Waals surface area contributed by atoms with Gasteiger partial charge in [0, 0.05) is 12.6 Å². The van der Waals surface area contributed by atoms with Crippen LogP contribution in [-0.4, -0.2) is 16.7 Å². The van der Waals surface area contributed by atoms with Gasteiger partial charge in [-0.2, -0.15) is 5.10 Å². The number of nitrogens with one attached hydrogen (secondary N) is 1. The van der Waals surface area contributed by atoms with E-state index in [0.717, 1.165) is 36.5 Å². The van der Waals surface area contributed by atoms with Crippen molar-refractivity contribution in [3.05, 3.63) is 47.2 Å². The van der Waals surface area contributed by atoms with Crippen LogP contribution in [0.5, 0.6) is 11.6 Å². The summed E-state index contributed by atoms with van der Waals surface area (Å²) in [4.78, 5) is 0. The lowest BCUT2D eigenvalue weighted by atomic mass is 10.1. The summed E-state index contributed by atoms with van der Waals surface area (Å²) < 4.78 is 5.78. The fraction of sp³-hybridized carbons (Fsp3) is 0.375. The first-order valence-corrected chi connectivity index (χ1v) is 6.97. The lowest BCUT2D eigenvalue weighted by Gasteiger charge is -2.08. The molecule has 0 unspecified atom stereocenters. The molecule has 1 aromatic carbocycles. The number of hydrogen-bond acceptors (Lipinski definition) is 4. The average molecular weight is 271 g/mol. The van der Waals surface area contributed by atoms with E-state index in [2.05, 4.69) is 28.5 Å². The van der Waals surface area contributed by atoms with Crippen LogP contribution < -0.4 is 10.1 Å².